The number of carboxylic acid groups (broad SMARTS) is 1. The van der Waals surface area contributed by atoms with Gasteiger partial charge in [-0.15, -0.1) is 0 Å². The Kier molecular flexibility index (Phi) is 6.70. The second-order valence-corrected chi connectivity index (χ2v) is 9.48. The van der Waals surface area contributed by atoms with Crippen molar-refractivity contribution in [2.45, 2.75) is 45.9 Å². The fraction of sp³-hybridized carbons (Fsp3) is 0.360. The van der Waals surface area contributed by atoms with Crippen molar-refractivity contribution < 1.29 is 14.6 Å². The number of aryl methyl sites for hydroxylation is 1. The van der Waals surface area contributed by atoms with Crippen LogP contribution in [0, 0.1) is 6.92 Å². The maximum atomic E-state index is 12.3. The van der Waals surface area contributed by atoms with Crippen molar-refractivity contribution in [3.8, 4) is 11.1 Å². The summed E-state index contributed by atoms with van der Waals surface area (Å²) in [6.45, 7) is 8.21. The highest BCUT2D eigenvalue weighted by atomic mass is 35.5. The van der Waals surface area contributed by atoms with Crippen LogP contribution in [0.2, 0.25) is 5.02 Å². The Labute approximate surface area is 188 Å². The Bertz CT molecular complexity index is 1100. The van der Waals surface area contributed by atoms with Crippen molar-refractivity contribution >= 4 is 28.5 Å². The molecule has 0 aliphatic heterocycles. The van der Waals surface area contributed by atoms with Gasteiger partial charge in [0.05, 0.1) is 16.8 Å². The van der Waals surface area contributed by atoms with Gasteiger partial charge in [0.1, 0.15) is 0 Å². The lowest BCUT2D eigenvalue weighted by atomic mass is 9.88. The number of aliphatic carboxylic acids is 1. The van der Waals surface area contributed by atoms with Gasteiger partial charge in [-0.05, 0) is 82.7 Å². The first-order valence-corrected chi connectivity index (χ1v) is 10.6. The third-order valence-electron chi connectivity index (χ3n) is 4.87. The minimum Gasteiger partial charge on any atom is -0.479 e. The van der Waals surface area contributed by atoms with Crippen molar-refractivity contribution in [1.29, 1.82) is 0 Å². The third kappa shape index (κ3) is 5.42. The molecular formula is C25H29ClN2O3. The number of benzene rings is 2. The van der Waals surface area contributed by atoms with Crippen LogP contribution in [0.4, 0.5) is 0 Å². The van der Waals surface area contributed by atoms with Crippen LogP contribution in [0.3, 0.4) is 0 Å². The van der Waals surface area contributed by atoms with Gasteiger partial charge in [-0.25, -0.2) is 4.79 Å². The van der Waals surface area contributed by atoms with E-state index in [9.17, 15) is 9.90 Å². The first-order valence-electron chi connectivity index (χ1n) is 10.2. The number of ether oxygens (including phenoxy) is 1. The van der Waals surface area contributed by atoms with Crippen LogP contribution in [-0.4, -0.2) is 40.7 Å². The summed E-state index contributed by atoms with van der Waals surface area (Å²) < 4.78 is 6.02. The Balaban J connectivity index is 2.34. The van der Waals surface area contributed by atoms with Crippen LogP contribution in [0.1, 0.15) is 43.7 Å². The molecule has 31 heavy (non-hydrogen) atoms. The Morgan fingerprint density at radius 2 is 1.81 bits per heavy atom. The van der Waals surface area contributed by atoms with E-state index in [0.29, 0.717) is 10.6 Å². The molecule has 0 bridgehead atoms. The van der Waals surface area contributed by atoms with Gasteiger partial charge in [0, 0.05) is 22.5 Å². The number of fused-ring (bicyclic) bond motifs is 1. The largest absolute Gasteiger partial charge is 0.479 e. The first-order chi connectivity index (χ1) is 14.5. The van der Waals surface area contributed by atoms with Crippen molar-refractivity contribution in [2.75, 3.05) is 14.1 Å². The Hall–Kier alpha value is -2.47. The zero-order valence-electron chi connectivity index (χ0n) is 18.9. The lowest BCUT2D eigenvalue weighted by Crippen LogP contribution is -2.28. The van der Waals surface area contributed by atoms with Crippen LogP contribution < -0.4 is 0 Å². The summed E-state index contributed by atoms with van der Waals surface area (Å²) in [6, 6.07) is 13.4. The van der Waals surface area contributed by atoms with Gasteiger partial charge in [-0.1, -0.05) is 29.8 Å². The molecule has 1 N–H and O–H groups in total. The summed E-state index contributed by atoms with van der Waals surface area (Å²) in [5.41, 5.74) is 4.29. The van der Waals surface area contributed by atoms with E-state index < -0.39 is 17.7 Å². The van der Waals surface area contributed by atoms with Gasteiger partial charge in [0.15, 0.2) is 6.10 Å². The quantitative estimate of drug-likeness (QED) is 0.519. The zero-order valence-corrected chi connectivity index (χ0v) is 19.6. The monoisotopic (exact) mass is 440 g/mol. The molecule has 164 valence electrons. The standard InChI is InChI=1S/C25H29ClN2O3/c1-15-13-20-19(12-11-18(27-20)14-28(5)6)22(16-7-9-17(26)10-8-16)21(15)23(24(29)30)31-25(2,3)4/h7-13,23H,14H2,1-6H3,(H,29,30). The molecule has 5 nitrogen and oxygen atoms in total. The lowest BCUT2D eigenvalue weighted by Gasteiger charge is -2.28. The number of carboxylic acids is 1. The van der Waals surface area contributed by atoms with Gasteiger partial charge in [0.25, 0.3) is 0 Å². The Morgan fingerprint density at radius 1 is 1.16 bits per heavy atom. The van der Waals surface area contributed by atoms with Crippen LogP contribution in [0.5, 0.6) is 0 Å². The summed E-state index contributed by atoms with van der Waals surface area (Å²) in [5.74, 6) is -1.02. The minimum absolute atomic E-state index is 0.620. The van der Waals surface area contributed by atoms with E-state index in [0.717, 1.165) is 39.8 Å². The number of hydrogen-bond acceptors (Lipinski definition) is 4. The lowest BCUT2D eigenvalue weighted by molar-refractivity contribution is -0.160. The normalized spacial score (nSPS) is 13.0. The molecule has 0 radical (unpaired) electrons. The van der Waals surface area contributed by atoms with E-state index in [1.165, 1.54) is 0 Å². The van der Waals surface area contributed by atoms with Crippen LogP contribution in [0.15, 0.2) is 42.5 Å². The summed E-state index contributed by atoms with van der Waals surface area (Å²) in [5, 5.41) is 11.6. The van der Waals surface area contributed by atoms with Gasteiger partial charge in [-0.2, -0.15) is 0 Å². The molecular weight excluding hydrogens is 412 g/mol. The molecule has 6 heteroatoms. The van der Waals surface area contributed by atoms with E-state index in [1.54, 1.807) is 0 Å². The molecule has 0 amide bonds. The van der Waals surface area contributed by atoms with E-state index in [4.69, 9.17) is 21.3 Å². The van der Waals surface area contributed by atoms with Gasteiger partial charge >= 0.3 is 5.97 Å². The maximum absolute atomic E-state index is 12.3. The van der Waals surface area contributed by atoms with Gasteiger partial charge in [0.2, 0.25) is 0 Å². The average Bonchev–Trinajstić information content (AvgIpc) is 2.64. The molecule has 3 rings (SSSR count). The number of nitrogens with zero attached hydrogens (tertiary/aromatic N) is 2. The molecule has 1 aromatic heterocycles. The van der Waals surface area contributed by atoms with Crippen LogP contribution >= 0.6 is 11.6 Å². The molecule has 1 unspecified atom stereocenters. The van der Waals surface area contributed by atoms with E-state index in [2.05, 4.69) is 4.90 Å². The van der Waals surface area contributed by atoms with Crippen LogP contribution in [-0.2, 0) is 16.1 Å². The minimum atomic E-state index is -1.11. The number of hydrogen-bond donors (Lipinski definition) is 1. The second kappa shape index (κ2) is 8.95. The predicted molar refractivity (Wildman–Crippen MR) is 126 cm³/mol. The fourth-order valence-corrected chi connectivity index (χ4v) is 3.85. The van der Waals surface area contributed by atoms with E-state index in [-0.39, 0.29) is 0 Å². The molecule has 1 atom stereocenters. The summed E-state index contributed by atoms with van der Waals surface area (Å²) >= 11 is 6.12. The number of rotatable bonds is 6. The molecule has 0 saturated carbocycles. The predicted octanol–water partition coefficient (Wildman–Crippen LogP) is 5.87. The van der Waals surface area contributed by atoms with Crippen molar-refractivity contribution in [3.05, 3.63) is 64.3 Å². The molecule has 0 aliphatic rings. The highest BCUT2D eigenvalue weighted by Gasteiger charge is 2.31. The molecule has 0 aliphatic carbocycles. The van der Waals surface area contributed by atoms with Crippen LogP contribution in [0.25, 0.3) is 22.0 Å². The highest BCUT2D eigenvalue weighted by molar-refractivity contribution is 6.30. The van der Waals surface area contributed by atoms with Crippen molar-refractivity contribution in [3.63, 3.8) is 0 Å². The van der Waals surface area contributed by atoms with Gasteiger partial charge < -0.3 is 14.7 Å². The third-order valence-corrected chi connectivity index (χ3v) is 5.12. The molecule has 0 saturated heterocycles. The molecule has 0 spiro atoms. The Morgan fingerprint density at radius 3 is 2.35 bits per heavy atom. The van der Waals surface area contributed by atoms with Crippen molar-refractivity contribution in [1.82, 2.24) is 9.88 Å². The number of halogens is 1. The van der Waals surface area contributed by atoms with E-state index >= 15 is 0 Å². The summed E-state index contributed by atoms with van der Waals surface area (Å²) in [7, 11) is 4.00. The SMILES string of the molecule is Cc1cc2nc(CN(C)C)ccc2c(-c2ccc(Cl)cc2)c1C(OC(C)(C)C)C(=O)O. The summed E-state index contributed by atoms with van der Waals surface area (Å²) in [4.78, 5) is 19.2. The van der Waals surface area contributed by atoms with E-state index in [1.807, 2.05) is 84.3 Å². The smallest absolute Gasteiger partial charge is 0.337 e. The first kappa shape index (κ1) is 23.2. The van der Waals surface area contributed by atoms with Crippen molar-refractivity contribution in [2.24, 2.45) is 0 Å². The number of pyridine rings is 1. The second-order valence-electron chi connectivity index (χ2n) is 9.04. The highest BCUT2D eigenvalue weighted by Crippen LogP contribution is 2.40. The average molecular weight is 441 g/mol. The topological polar surface area (TPSA) is 62.7 Å². The molecule has 0 fully saturated rings. The van der Waals surface area contributed by atoms with Gasteiger partial charge in [-0.3, -0.25) is 4.98 Å². The zero-order chi connectivity index (χ0) is 22.9. The molecule has 1 heterocycles. The fourth-order valence-electron chi connectivity index (χ4n) is 3.73. The molecule has 2 aromatic carbocycles. The number of carbonyl (C=O) groups is 1. The molecule has 3 aromatic rings. The summed E-state index contributed by atoms with van der Waals surface area (Å²) in [6.07, 6.45) is -1.11. The number of aromatic nitrogens is 1. The maximum Gasteiger partial charge on any atom is 0.337 e.